The van der Waals surface area contributed by atoms with Crippen molar-refractivity contribution in [3.05, 3.63) is 32.8 Å². The first-order valence-electron chi connectivity index (χ1n) is 6.55. The summed E-state index contributed by atoms with van der Waals surface area (Å²) in [5.41, 5.74) is -1.75. The molecule has 0 aromatic heterocycles. The molecule has 0 unspecified atom stereocenters. The van der Waals surface area contributed by atoms with Gasteiger partial charge in [-0.15, -0.1) is 0 Å². The highest BCUT2D eigenvalue weighted by atomic mass is 35.5. The van der Waals surface area contributed by atoms with E-state index in [1.165, 1.54) is 0 Å². The largest absolute Gasteiger partial charge is 0.418 e. The van der Waals surface area contributed by atoms with Crippen LogP contribution in [-0.4, -0.2) is 30.2 Å². The van der Waals surface area contributed by atoms with E-state index in [-0.39, 0.29) is 17.9 Å². The molecule has 2 rings (SSSR count). The number of nitrogens with zero attached hydrogens (tertiary/aromatic N) is 2. The highest BCUT2D eigenvalue weighted by Crippen LogP contribution is 2.42. The second-order valence-electron chi connectivity index (χ2n) is 5.24. The average molecular weight is 339 g/mol. The molecule has 22 heavy (non-hydrogen) atoms. The number of halogens is 4. The molecule has 0 amide bonds. The van der Waals surface area contributed by atoms with Crippen LogP contribution in [0.5, 0.6) is 0 Å². The van der Waals surface area contributed by atoms with Gasteiger partial charge in [-0.1, -0.05) is 11.6 Å². The summed E-state index contributed by atoms with van der Waals surface area (Å²) in [4.78, 5) is 12.0. The van der Waals surface area contributed by atoms with Gasteiger partial charge in [0.05, 0.1) is 27.7 Å². The van der Waals surface area contributed by atoms with Gasteiger partial charge in [0, 0.05) is 19.2 Å². The molecule has 1 saturated heterocycles. The molecule has 1 aliphatic heterocycles. The zero-order chi connectivity index (χ0) is 16.7. The molecule has 9 heteroatoms. The third-order valence-electron chi connectivity index (χ3n) is 3.33. The van der Waals surface area contributed by atoms with Gasteiger partial charge in [0.2, 0.25) is 0 Å². The summed E-state index contributed by atoms with van der Waals surface area (Å²) in [5.74, 6) is 0. The maximum atomic E-state index is 12.8. The van der Waals surface area contributed by atoms with Crippen LogP contribution in [0, 0.1) is 10.1 Å². The Labute approximate surface area is 129 Å². The Bertz CT molecular complexity index is 585. The highest BCUT2D eigenvalue weighted by molar-refractivity contribution is 6.31. The maximum absolute atomic E-state index is 12.8. The number of alkyl halides is 3. The average Bonchev–Trinajstić information content (AvgIpc) is 2.35. The van der Waals surface area contributed by atoms with Gasteiger partial charge in [0.25, 0.3) is 5.69 Å². The molecule has 5 nitrogen and oxygen atoms in total. The van der Waals surface area contributed by atoms with Gasteiger partial charge < -0.3 is 9.64 Å². The predicted octanol–water partition coefficient (Wildman–Crippen LogP) is 3.88. The minimum atomic E-state index is -4.74. The quantitative estimate of drug-likeness (QED) is 0.606. The SMILES string of the molecule is C[C@@H]1CN(c2cc(Cl)c(C(F)(F)F)cc2[N+](=O)[O-])C[C@@H](C)O1. The van der Waals surface area contributed by atoms with Gasteiger partial charge in [-0.2, -0.15) is 13.2 Å². The molecule has 1 aromatic rings. The fourth-order valence-electron chi connectivity index (χ4n) is 2.54. The Hall–Kier alpha value is -1.54. The van der Waals surface area contributed by atoms with Gasteiger partial charge in [0.15, 0.2) is 0 Å². The zero-order valence-corrected chi connectivity index (χ0v) is 12.6. The molecule has 1 fully saturated rings. The van der Waals surface area contributed by atoms with E-state index in [1.54, 1.807) is 18.7 Å². The summed E-state index contributed by atoms with van der Waals surface area (Å²) in [6.45, 7) is 4.26. The van der Waals surface area contributed by atoms with Crippen LogP contribution in [-0.2, 0) is 10.9 Å². The number of hydrogen-bond acceptors (Lipinski definition) is 4. The lowest BCUT2D eigenvalue weighted by Crippen LogP contribution is -2.45. The molecule has 0 saturated carbocycles. The second-order valence-corrected chi connectivity index (χ2v) is 5.65. The van der Waals surface area contributed by atoms with E-state index in [0.717, 1.165) is 6.07 Å². The van der Waals surface area contributed by atoms with Crippen molar-refractivity contribution < 1.29 is 22.8 Å². The summed E-state index contributed by atoms with van der Waals surface area (Å²) in [6, 6.07) is 1.50. The lowest BCUT2D eigenvalue weighted by Gasteiger charge is -2.36. The minimum Gasteiger partial charge on any atom is -0.372 e. The van der Waals surface area contributed by atoms with Gasteiger partial charge >= 0.3 is 6.18 Å². The van der Waals surface area contributed by atoms with Gasteiger partial charge in [0.1, 0.15) is 5.69 Å². The molecule has 0 N–H and O–H groups in total. The Morgan fingerprint density at radius 2 is 1.86 bits per heavy atom. The zero-order valence-electron chi connectivity index (χ0n) is 11.9. The Morgan fingerprint density at radius 3 is 2.32 bits per heavy atom. The summed E-state index contributed by atoms with van der Waals surface area (Å²) in [7, 11) is 0. The molecule has 2 atom stereocenters. The van der Waals surface area contributed by atoms with Crippen molar-refractivity contribution in [2.24, 2.45) is 0 Å². The molecule has 0 spiro atoms. The summed E-state index contributed by atoms with van der Waals surface area (Å²) in [6.07, 6.45) is -5.12. The molecule has 0 bridgehead atoms. The van der Waals surface area contributed by atoms with E-state index >= 15 is 0 Å². The van der Waals surface area contributed by atoms with Crippen LogP contribution in [0.1, 0.15) is 19.4 Å². The predicted molar refractivity (Wildman–Crippen MR) is 75.3 cm³/mol. The topological polar surface area (TPSA) is 55.6 Å². The van der Waals surface area contributed by atoms with Crippen LogP contribution in [0.2, 0.25) is 5.02 Å². The Kier molecular flexibility index (Phi) is 4.53. The molecule has 1 aromatic carbocycles. The fraction of sp³-hybridized carbons (Fsp3) is 0.538. The summed E-state index contributed by atoms with van der Waals surface area (Å²) < 4.78 is 44.1. The minimum absolute atomic E-state index is 0.0741. The van der Waals surface area contributed by atoms with Crippen molar-refractivity contribution in [2.75, 3.05) is 18.0 Å². The molecular weight excluding hydrogens is 325 g/mol. The lowest BCUT2D eigenvalue weighted by molar-refractivity contribution is -0.384. The van der Waals surface area contributed by atoms with E-state index in [1.807, 2.05) is 0 Å². The first kappa shape index (κ1) is 16.8. The van der Waals surface area contributed by atoms with Crippen LogP contribution in [0.4, 0.5) is 24.5 Å². The van der Waals surface area contributed by atoms with Crippen molar-refractivity contribution in [3.63, 3.8) is 0 Å². The molecule has 0 radical (unpaired) electrons. The fourth-order valence-corrected chi connectivity index (χ4v) is 2.81. The third kappa shape index (κ3) is 3.44. The number of nitro groups is 1. The molecule has 1 aliphatic rings. The van der Waals surface area contributed by atoms with E-state index in [0.29, 0.717) is 19.2 Å². The third-order valence-corrected chi connectivity index (χ3v) is 3.64. The van der Waals surface area contributed by atoms with Crippen LogP contribution in [0.25, 0.3) is 0 Å². The van der Waals surface area contributed by atoms with Gasteiger partial charge in [-0.05, 0) is 19.9 Å². The number of morpholine rings is 1. The number of nitro benzene ring substituents is 1. The first-order valence-corrected chi connectivity index (χ1v) is 6.93. The maximum Gasteiger partial charge on any atom is 0.418 e. The molecule has 1 heterocycles. The lowest BCUT2D eigenvalue weighted by atomic mass is 10.1. The summed E-state index contributed by atoms with van der Waals surface area (Å²) >= 11 is 5.68. The van der Waals surface area contributed by atoms with E-state index in [4.69, 9.17) is 16.3 Å². The number of hydrogen-bond donors (Lipinski definition) is 0. The molecule has 122 valence electrons. The molecule has 0 aliphatic carbocycles. The van der Waals surface area contributed by atoms with Crippen molar-refractivity contribution in [2.45, 2.75) is 32.2 Å². The number of ether oxygens (including phenoxy) is 1. The van der Waals surface area contributed by atoms with E-state index in [9.17, 15) is 23.3 Å². The Balaban J connectivity index is 2.51. The normalized spacial score (nSPS) is 22.7. The number of benzene rings is 1. The van der Waals surface area contributed by atoms with E-state index in [2.05, 4.69) is 0 Å². The van der Waals surface area contributed by atoms with Crippen LogP contribution >= 0.6 is 11.6 Å². The summed E-state index contributed by atoms with van der Waals surface area (Å²) in [5, 5.41) is 10.6. The highest BCUT2D eigenvalue weighted by Gasteiger charge is 2.37. The van der Waals surface area contributed by atoms with Crippen LogP contribution in [0.3, 0.4) is 0 Å². The van der Waals surface area contributed by atoms with Crippen molar-refractivity contribution >= 4 is 23.0 Å². The van der Waals surface area contributed by atoms with Gasteiger partial charge in [-0.25, -0.2) is 0 Å². The smallest absolute Gasteiger partial charge is 0.372 e. The van der Waals surface area contributed by atoms with Gasteiger partial charge in [-0.3, -0.25) is 10.1 Å². The monoisotopic (exact) mass is 338 g/mol. The van der Waals surface area contributed by atoms with Crippen LogP contribution < -0.4 is 4.90 Å². The van der Waals surface area contributed by atoms with E-state index < -0.39 is 27.4 Å². The molecular formula is C13H14ClF3N2O3. The standard InChI is InChI=1S/C13H14ClF3N2O3/c1-7-5-18(6-8(2)22-7)11-4-10(14)9(13(15,16)17)3-12(11)19(20)21/h3-4,7-8H,5-6H2,1-2H3/t7-,8-/m1/s1. The second kappa shape index (κ2) is 5.92. The van der Waals surface area contributed by atoms with Crippen molar-refractivity contribution in [1.82, 2.24) is 0 Å². The van der Waals surface area contributed by atoms with Crippen LogP contribution in [0.15, 0.2) is 12.1 Å². The number of rotatable bonds is 2. The van der Waals surface area contributed by atoms with Crippen molar-refractivity contribution in [3.8, 4) is 0 Å². The Morgan fingerprint density at radius 1 is 1.32 bits per heavy atom. The first-order chi connectivity index (χ1) is 10.1. The number of anilines is 1. The van der Waals surface area contributed by atoms with Crippen molar-refractivity contribution in [1.29, 1.82) is 0 Å².